The van der Waals surface area contributed by atoms with Crippen LogP contribution in [0.4, 0.5) is 5.69 Å². The van der Waals surface area contributed by atoms with Crippen molar-refractivity contribution in [1.29, 1.82) is 0 Å². The molecule has 0 unspecified atom stereocenters. The monoisotopic (exact) mass is 523 g/mol. The second kappa shape index (κ2) is 12.8. The van der Waals surface area contributed by atoms with E-state index in [0.29, 0.717) is 35.0 Å². The summed E-state index contributed by atoms with van der Waals surface area (Å²) in [6, 6.07) is 11.3. The van der Waals surface area contributed by atoms with Crippen LogP contribution in [0.1, 0.15) is 37.8 Å². The summed E-state index contributed by atoms with van der Waals surface area (Å²) in [5.41, 5.74) is 1.65. The van der Waals surface area contributed by atoms with Gasteiger partial charge in [0.05, 0.1) is 19.1 Å². The lowest BCUT2D eigenvalue weighted by molar-refractivity contribution is -0.140. The molecule has 2 aromatic rings. The van der Waals surface area contributed by atoms with Crippen molar-refractivity contribution in [3.8, 4) is 5.75 Å². The lowest BCUT2D eigenvalue weighted by atomic mass is 10.1. The molecule has 0 heterocycles. The minimum atomic E-state index is -3.82. The number of nitrogens with zero attached hydrogens (tertiary/aromatic N) is 2. The Balaban J connectivity index is 2.46. The molecule has 0 radical (unpaired) electrons. The highest BCUT2D eigenvalue weighted by molar-refractivity contribution is 7.92. The van der Waals surface area contributed by atoms with Crippen LogP contribution >= 0.6 is 11.6 Å². The average Bonchev–Trinajstić information content (AvgIpc) is 2.82. The number of nitrogens with one attached hydrogen (secondary N) is 1. The van der Waals surface area contributed by atoms with Crippen molar-refractivity contribution in [2.75, 3.05) is 30.8 Å². The van der Waals surface area contributed by atoms with E-state index in [0.717, 1.165) is 22.5 Å². The Bertz CT molecular complexity index is 1120. The summed E-state index contributed by atoms with van der Waals surface area (Å²) in [4.78, 5) is 28.0. The van der Waals surface area contributed by atoms with Crippen molar-refractivity contribution in [3.63, 3.8) is 0 Å². The molecule has 0 spiro atoms. The predicted molar refractivity (Wildman–Crippen MR) is 139 cm³/mol. The van der Waals surface area contributed by atoms with Gasteiger partial charge in [0.15, 0.2) is 0 Å². The van der Waals surface area contributed by atoms with E-state index in [4.69, 9.17) is 16.3 Å². The minimum absolute atomic E-state index is 0.132. The van der Waals surface area contributed by atoms with Crippen LogP contribution < -0.4 is 14.4 Å². The van der Waals surface area contributed by atoms with Gasteiger partial charge in [0.1, 0.15) is 18.3 Å². The molecule has 35 heavy (non-hydrogen) atoms. The maximum atomic E-state index is 13.7. The number of halogens is 1. The molecule has 1 N–H and O–H groups in total. The van der Waals surface area contributed by atoms with Crippen molar-refractivity contribution in [2.45, 2.75) is 46.2 Å². The zero-order valence-electron chi connectivity index (χ0n) is 20.9. The molecule has 0 aliphatic rings. The van der Waals surface area contributed by atoms with Crippen LogP contribution in [0.15, 0.2) is 42.5 Å². The molecule has 10 heteroatoms. The number of benzene rings is 2. The fourth-order valence-electron chi connectivity index (χ4n) is 3.67. The number of amides is 2. The van der Waals surface area contributed by atoms with Gasteiger partial charge >= 0.3 is 0 Å². The first-order chi connectivity index (χ1) is 16.5. The molecule has 0 fully saturated rings. The van der Waals surface area contributed by atoms with Gasteiger partial charge in [0, 0.05) is 18.1 Å². The van der Waals surface area contributed by atoms with Gasteiger partial charge in [-0.15, -0.1) is 0 Å². The molecule has 2 rings (SSSR count). The number of ether oxygens (including phenoxy) is 1. The standard InChI is InChI=1S/C25H34ClN3O5S/c1-6-15-27-25(31)22(7-2)28(16-19-11-13-20(34-4)14-12-19)24(30)17-29(35(5,32)33)23-10-8-9-21(26)18(23)3/h8-14,22H,6-7,15-17H2,1-5H3,(H,27,31)/t22-/m1/s1. The quantitative estimate of drug-likeness (QED) is 0.457. The molecular formula is C25H34ClN3O5S. The third kappa shape index (κ3) is 7.60. The second-order valence-corrected chi connectivity index (χ2v) is 10.6. The van der Waals surface area contributed by atoms with Crippen molar-refractivity contribution >= 4 is 39.1 Å². The number of rotatable bonds is 12. The molecule has 0 aromatic heterocycles. The van der Waals surface area contributed by atoms with Crippen LogP contribution in [0, 0.1) is 6.92 Å². The summed E-state index contributed by atoms with van der Waals surface area (Å²) < 4.78 is 31.7. The Hall–Kier alpha value is -2.78. The van der Waals surface area contributed by atoms with E-state index < -0.39 is 28.5 Å². The molecule has 0 bridgehead atoms. The van der Waals surface area contributed by atoms with Crippen LogP contribution in [-0.4, -0.2) is 57.6 Å². The molecule has 8 nitrogen and oxygen atoms in total. The predicted octanol–water partition coefficient (Wildman–Crippen LogP) is 3.76. The van der Waals surface area contributed by atoms with Gasteiger partial charge in [0.2, 0.25) is 21.8 Å². The summed E-state index contributed by atoms with van der Waals surface area (Å²) in [6.07, 6.45) is 2.16. The average molecular weight is 524 g/mol. The van der Waals surface area contributed by atoms with Crippen LogP contribution in [0.2, 0.25) is 5.02 Å². The fraction of sp³-hybridized carbons (Fsp3) is 0.440. The lowest BCUT2D eigenvalue weighted by Crippen LogP contribution is -2.52. The molecule has 2 amide bonds. The number of carbonyl (C=O) groups is 2. The molecule has 0 aliphatic heterocycles. The molecular weight excluding hydrogens is 490 g/mol. The van der Waals surface area contributed by atoms with Gasteiger partial charge in [-0.3, -0.25) is 13.9 Å². The third-order valence-corrected chi connectivity index (χ3v) is 7.17. The van der Waals surface area contributed by atoms with E-state index in [9.17, 15) is 18.0 Å². The zero-order chi connectivity index (χ0) is 26.2. The van der Waals surface area contributed by atoms with Gasteiger partial charge in [-0.05, 0) is 55.2 Å². The SMILES string of the molecule is CCCNC(=O)[C@@H](CC)N(Cc1ccc(OC)cc1)C(=O)CN(c1cccc(Cl)c1C)S(C)(=O)=O. The number of carbonyl (C=O) groups excluding carboxylic acids is 2. The van der Waals surface area contributed by atoms with Crippen molar-refractivity contribution in [1.82, 2.24) is 10.2 Å². The van der Waals surface area contributed by atoms with E-state index >= 15 is 0 Å². The van der Waals surface area contributed by atoms with E-state index in [-0.39, 0.29) is 12.5 Å². The highest BCUT2D eigenvalue weighted by atomic mass is 35.5. The Morgan fingerprint density at radius 1 is 1.11 bits per heavy atom. The first-order valence-corrected chi connectivity index (χ1v) is 13.7. The largest absolute Gasteiger partial charge is 0.497 e. The number of hydrogen-bond acceptors (Lipinski definition) is 5. The first kappa shape index (κ1) is 28.5. The van der Waals surface area contributed by atoms with Crippen LogP contribution in [0.3, 0.4) is 0 Å². The van der Waals surface area contributed by atoms with Crippen molar-refractivity contribution in [2.24, 2.45) is 0 Å². The topological polar surface area (TPSA) is 96.0 Å². The number of sulfonamides is 1. The van der Waals surface area contributed by atoms with Gasteiger partial charge in [-0.1, -0.05) is 43.6 Å². The molecule has 0 saturated heterocycles. The van der Waals surface area contributed by atoms with E-state index in [2.05, 4.69) is 5.32 Å². The van der Waals surface area contributed by atoms with Crippen LogP contribution in [-0.2, 0) is 26.2 Å². The normalized spacial score (nSPS) is 12.1. The van der Waals surface area contributed by atoms with Crippen LogP contribution in [0.5, 0.6) is 5.75 Å². The highest BCUT2D eigenvalue weighted by Crippen LogP contribution is 2.28. The summed E-state index contributed by atoms with van der Waals surface area (Å²) in [5, 5.41) is 3.25. The maximum Gasteiger partial charge on any atom is 0.244 e. The summed E-state index contributed by atoms with van der Waals surface area (Å²) in [6.45, 7) is 5.61. The smallest absolute Gasteiger partial charge is 0.244 e. The van der Waals surface area contributed by atoms with Crippen LogP contribution in [0.25, 0.3) is 0 Å². The molecule has 0 saturated carbocycles. The highest BCUT2D eigenvalue weighted by Gasteiger charge is 2.32. The molecule has 2 aromatic carbocycles. The fourth-order valence-corrected chi connectivity index (χ4v) is 4.74. The van der Waals surface area contributed by atoms with Gasteiger partial charge in [-0.25, -0.2) is 8.42 Å². The van der Waals surface area contributed by atoms with Crippen molar-refractivity contribution in [3.05, 3.63) is 58.6 Å². The number of anilines is 1. The summed E-state index contributed by atoms with van der Waals surface area (Å²) in [5.74, 6) is -0.107. The van der Waals surface area contributed by atoms with Gasteiger partial charge < -0.3 is 15.0 Å². The first-order valence-electron chi connectivity index (χ1n) is 11.5. The van der Waals surface area contributed by atoms with E-state index in [1.807, 2.05) is 26.0 Å². The van der Waals surface area contributed by atoms with Gasteiger partial charge in [0.25, 0.3) is 0 Å². The Morgan fingerprint density at radius 3 is 2.31 bits per heavy atom. The zero-order valence-corrected chi connectivity index (χ0v) is 22.4. The minimum Gasteiger partial charge on any atom is -0.497 e. The number of hydrogen-bond donors (Lipinski definition) is 1. The molecule has 1 atom stereocenters. The van der Waals surface area contributed by atoms with Crippen molar-refractivity contribution < 1.29 is 22.7 Å². The number of methoxy groups -OCH3 is 1. The summed E-state index contributed by atoms with van der Waals surface area (Å²) in [7, 11) is -2.26. The van der Waals surface area contributed by atoms with E-state index in [1.54, 1.807) is 44.4 Å². The molecule has 192 valence electrons. The summed E-state index contributed by atoms with van der Waals surface area (Å²) >= 11 is 6.22. The third-order valence-electron chi connectivity index (χ3n) is 5.63. The Kier molecular flexibility index (Phi) is 10.4. The second-order valence-electron chi connectivity index (χ2n) is 8.24. The lowest BCUT2D eigenvalue weighted by Gasteiger charge is -2.33. The van der Waals surface area contributed by atoms with E-state index in [1.165, 1.54) is 4.90 Å². The van der Waals surface area contributed by atoms with Gasteiger partial charge in [-0.2, -0.15) is 0 Å². The Labute approximate surface area is 213 Å². The maximum absolute atomic E-state index is 13.7. The Morgan fingerprint density at radius 2 is 1.77 bits per heavy atom. The molecule has 0 aliphatic carbocycles.